The SMILES string of the molecule is CN(C)C(=O)N1CCC(S(=O)(=O)CC(=O)Nc2c3c(cc4c2CCC4)CCC3)C1. The van der Waals surface area contributed by atoms with E-state index in [4.69, 9.17) is 0 Å². The summed E-state index contributed by atoms with van der Waals surface area (Å²) < 4.78 is 25.7. The maximum atomic E-state index is 12.8. The highest BCUT2D eigenvalue weighted by Gasteiger charge is 2.37. The Balaban J connectivity index is 1.46. The lowest BCUT2D eigenvalue weighted by Gasteiger charge is -2.21. The second kappa shape index (κ2) is 7.63. The van der Waals surface area contributed by atoms with Gasteiger partial charge in [0.15, 0.2) is 9.84 Å². The monoisotopic (exact) mass is 419 g/mol. The van der Waals surface area contributed by atoms with Gasteiger partial charge >= 0.3 is 6.03 Å². The zero-order valence-electron chi connectivity index (χ0n) is 17.2. The van der Waals surface area contributed by atoms with Crippen LogP contribution >= 0.6 is 0 Å². The van der Waals surface area contributed by atoms with Crippen molar-refractivity contribution >= 4 is 27.5 Å². The number of benzene rings is 1. The topological polar surface area (TPSA) is 86.8 Å². The standard InChI is InChI=1S/C21H29N3O4S/c1-23(2)21(26)24-10-9-16(12-24)29(27,28)13-19(25)22-20-17-7-3-5-14(17)11-15-6-4-8-18(15)20/h11,16H,3-10,12-13H2,1-2H3,(H,22,25). The van der Waals surface area contributed by atoms with Crippen molar-refractivity contribution in [3.8, 4) is 0 Å². The molecule has 2 aliphatic carbocycles. The summed E-state index contributed by atoms with van der Waals surface area (Å²) in [5.41, 5.74) is 5.87. The van der Waals surface area contributed by atoms with E-state index in [0.717, 1.165) is 44.2 Å². The second-order valence-corrected chi connectivity index (χ2v) is 10.9. The van der Waals surface area contributed by atoms with Gasteiger partial charge in [0.25, 0.3) is 0 Å². The number of fused-ring (bicyclic) bond motifs is 2. The molecule has 0 spiro atoms. The van der Waals surface area contributed by atoms with Crippen LogP contribution in [-0.4, -0.2) is 68.3 Å². The number of nitrogens with zero attached hydrogens (tertiary/aromatic N) is 2. The third kappa shape index (κ3) is 3.86. The van der Waals surface area contributed by atoms with Gasteiger partial charge in [-0.15, -0.1) is 0 Å². The van der Waals surface area contributed by atoms with Crippen molar-refractivity contribution in [2.24, 2.45) is 0 Å². The number of rotatable bonds is 4. The van der Waals surface area contributed by atoms with Crippen LogP contribution in [0.25, 0.3) is 0 Å². The smallest absolute Gasteiger partial charge is 0.319 e. The predicted octanol–water partition coefficient (Wildman–Crippen LogP) is 1.77. The average molecular weight is 420 g/mol. The molecule has 1 saturated heterocycles. The number of carbonyl (C=O) groups is 2. The minimum Gasteiger partial charge on any atom is -0.331 e. The van der Waals surface area contributed by atoms with E-state index in [0.29, 0.717) is 13.0 Å². The van der Waals surface area contributed by atoms with Gasteiger partial charge < -0.3 is 15.1 Å². The van der Waals surface area contributed by atoms with Crippen LogP contribution in [-0.2, 0) is 40.3 Å². The number of likely N-dealkylation sites (tertiary alicyclic amines) is 1. The van der Waals surface area contributed by atoms with Crippen LogP contribution in [0.2, 0.25) is 0 Å². The number of nitrogens with one attached hydrogen (secondary N) is 1. The number of urea groups is 1. The Bertz CT molecular complexity index is 923. The summed E-state index contributed by atoms with van der Waals surface area (Å²) in [4.78, 5) is 27.8. The van der Waals surface area contributed by atoms with Gasteiger partial charge in [0, 0.05) is 32.9 Å². The molecule has 1 aromatic rings. The largest absolute Gasteiger partial charge is 0.331 e. The van der Waals surface area contributed by atoms with Crippen molar-refractivity contribution < 1.29 is 18.0 Å². The van der Waals surface area contributed by atoms with Crippen LogP contribution in [0, 0.1) is 0 Å². The molecule has 1 fully saturated rings. The van der Waals surface area contributed by atoms with Gasteiger partial charge in [0.2, 0.25) is 5.91 Å². The molecule has 1 atom stereocenters. The molecule has 7 nitrogen and oxygen atoms in total. The maximum Gasteiger partial charge on any atom is 0.319 e. The zero-order valence-corrected chi connectivity index (χ0v) is 18.0. The van der Waals surface area contributed by atoms with Crippen LogP contribution in [0.3, 0.4) is 0 Å². The highest BCUT2D eigenvalue weighted by Crippen LogP contribution is 2.38. The highest BCUT2D eigenvalue weighted by molar-refractivity contribution is 7.92. The van der Waals surface area contributed by atoms with Crippen molar-refractivity contribution in [3.05, 3.63) is 28.3 Å². The third-order valence-electron chi connectivity index (χ3n) is 6.38. The number of sulfone groups is 1. The maximum absolute atomic E-state index is 12.8. The van der Waals surface area contributed by atoms with Gasteiger partial charge in [-0.1, -0.05) is 6.07 Å². The van der Waals surface area contributed by atoms with E-state index in [1.165, 1.54) is 32.1 Å². The minimum atomic E-state index is -3.62. The first-order chi connectivity index (χ1) is 13.8. The number of aryl methyl sites for hydroxylation is 2. The molecule has 0 saturated carbocycles. The fourth-order valence-corrected chi connectivity index (χ4v) is 6.47. The number of hydrogen-bond acceptors (Lipinski definition) is 4. The van der Waals surface area contributed by atoms with Crippen LogP contribution in [0.5, 0.6) is 0 Å². The van der Waals surface area contributed by atoms with E-state index >= 15 is 0 Å². The summed E-state index contributed by atoms with van der Waals surface area (Å²) in [6.07, 6.45) is 6.48. The number of anilines is 1. The van der Waals surface area contributed by atoms with Crippen LogP contribution in [0.4, 0.5) is 10.5 Å². The van der Waals surface area contributed by atoms with Crippen molar-refractivity contribution in [2.75, 3.05) is 38.3 Å². The summed E-state index contributed by atoms with van der Waals surface area (Å²) >= 11 is 0. The summed E-state index contributed by atoms with van der Waals surface area (Å²) in [5.74, 6) is -0.989. The van der Waals surface area contributed by atoms with Crippen LogP contribution in [0.1, 0.15) is 41.5 Å². The molecular weight excluding hydrogens is 390 g/mol. The van der Waals surface area contributed by atoms with E-state index < -0.39 is 26.7 Å². The van der Waals surface area contributed by atoms with E-state index in [-0.39, 0.29) is 12.6 Å². The molecule has 4 rings (SSSR count). The molecule has 1 aromatic carbocycles. The summed E-state index contributed by atoms with van der Waals surface area (Å²) in [6, 6.07) is 2.09. The molecular formula is C21H29N3O4S. The first-order valence-electron chi connectivity index (χ1n) is 10.4. The number of hydrogen-bond donors (Lipinski definition) is 1. The van der Waals surface area contributed by atoms with Gasteiger partial charge in [0.05, 0.1) is 5.25 Å². The van der Waals surface area contributed by atoms with E-state index in [2.05, 4.69) is 11.4 Å². The first-order valence-corrected chi connectivity index (χ1v) is 12.1. The Labute approximate surface area is 172 Å². The normalized spacial score (nSPS) is 20.5. The molecule has 8 heteroatoms. The lowest BCUT2D eigenvalue weighted by molar-refractivity contribution is -0.113. The molecule has 1 unspecified atom stereocenters. The molecule has 0 aromatic heterocycles. The molecule has 3 aliphatic rings. The Morgan fingerprint density at radius 2 is 1.72 bits per heavy atom. The van der Waals surface area contributed by atoms with Gasteiger partial charge in [-0.2, -0.15) is 0 Å². The average Bonchev–Trinajstić information content (AvgIpc) is 3.40. The lowest BCUT2D eigenvalue weighted by atomic mass is 9.98. The molecule has 0 radical (unpaired) electrons. The van der Waals surface area contributed by atoms with Crippen molar-refractivity contribution in [1.82, 2.24) is 9.80 Å². The molecule has 0 bridgehead atoms. The van der Waals surface area contributed by atoms with Gasteiger partial charge in [-0.3, -0.25) is 4.79 Å². The summed E-state index contributed by atoms with van der Waals surface area (Å²) in [6.45, 7) is 0.561. The lowest BCUT2D eigenvalue weighted by Crippen LogP contribution is -2.39. The first kappa shape index (κ1) is 20.2. The van der Waals surface area contributed by atoms with E-state index in [1.807, 2.05) is 0 Å². The molecule has 158 valence electrons. The fraction of sp³-hybridized carbons (Fsp3) is 0.619. The molecule has 1 heterocycles. The summed E-state index contributed by atoms with van der Waals surface area (Å²) in [5, 5.41) is 2.29. The molecule has 3 amide bonds. The van der Waals surface area contributed by atoms with Crippen molar-refractivity contribution in [2.45, 2.75) is 50.2 Å². The zero-order chi connectivity index (χ0) is 20.8. The van der Waals surface area contributed by atoms with Crippen molar-refractivity contribution in [3.63, 3.8) is 0 Å². The van der Waals surface area contributed by atoms with Crippen LogP contribution in [0.15, 0.2) is 6.07 Å². The Hall–Kier alpha value is -2.09. The Kier molecular flexibility index (Phi) is 5.31. The van der Waals surface area contributed by atoms with E-state index in [1.54, 1.807) is 14.1 Å². The molecule has 1 N–H and O–H groups in total. The minimum absolute atomic E-state index is 0.156. The predicted molar refractivity (Wildman–Crippen MR) is 112 cm³/mol. The van der Waals surface area contributed by atoms with Gasteiger partial charge in [0.1, 0.15) is 5.75 Å². The number of amides is 3. The molecule has 29 heavy (non-hydrogen) atoms. The van der Waals surface area contributed by atoms with E-state index in [9.17, 15) is 18.0 Å². The fourth-order valence-electron chi connectivity index (χ4n) is 4.92. The Morgan fingerprint density at radius 1 is 1.10 bits per heavy atom. The quantitative estimate of drug-likeness (QED) is 0.806. The number of carbonyl (C=O) groups excluding carboxylic acids is 2. The Morgan fingerprint density at radius 3 is 2.31 bits per heavy atom. The van der Waals surface area contributed by atoms with Crippen molar-refractivity contribution in [1.29, 1.82) is 0 Å². The van der Waals surface area contributed by atoms with Crippen LogP contribution < -0.4 is 5.32 Å². The molecule has 1 aliphatic heterocycles. The second-order valence-electron chi connectivity index (χ2n) is 8.62. The highest BCUT2D eigenvalue weighted by atomic mass is 32.2. The van der Waals surface area contributed by atoms with Gasteiger partial charge in [-0.05, 0) is 67.2 Å². The summed E-state index contributed by atoms with van der Waals surface area (Å²) in [7, 11) is -0.330. The van der Waals surface area contributed by atoms with Gasteiger partial charge in [-0.25, -0.2) is 13.2 Å². The third-order valence-corrected chi connectivity index (χ3v) is 8.44.